The summed E-state index contributed by atoms with van der Waals surface area (Å²) < 4.78 is 85.7. The standard InChI is InChI=1S/C26H20ClF6NO2/c1-15(22-8-7-21(12-24(22)35)36-14-16-3-5-20(27)6-4-16)23(13-34-2)17-9-18(25(28,29)30)11-19(10-17)26(31,32)33/h3-13,34-35H,1,14H2,2H3/b23-13+. The Bertz CT molecular complexity index is 1250. The zero-order valence-corrected chi connectivity index (χ0v) is 19.5. The maximum atomic E-state index is 13.3. The van der Waals surface area contributed by atoms with Crippen molar-refractivity contribution in [1.82, 2.24) is 5.32 Å². The molecule has 0 saturated heterocycles. The molecule has 190 valence electrons. The van der Waals surface area contributed by atoms with Crippen LogP contribution in [-0.2, 0) is 19.0 Å². The molecule has 0 spiro atoms. The van der Waals surface area contributed by atoms with Crippen LogP contribution in [0.15, 0.2) is 73.4 Å². The highest BCUT2D eigenvalue weighted by Gasteiger charge is 2.37. The summed E-state index contributed by atoms with van der Waals surface area (Å²) in [6.07, 6.45) is -8.80. The molecule has 0 aromatic heterocycles. The van der Waals surface area contributed by atoms with Crippen molar-refractivity contribution in [3.05, 3.63) is 106 Å². The van der Waals surface area contributed by atoms with Gasteiger partial charge in [-0.1, -0.05) is 30.3 Å². The van der Waals surface area contributed by atoms with Gasteiger partial charge in [0.1, 0.15) is 18.1 Å². The van der Waals surface area contributed by atoms with E-state index in [2.05, 4.69) is 11.9 Å². The van der Waals surface area contributed by atoms with Crippen molar-refractivity contribution < 1.29 is 36.2 Å². The molecule has 3 nitrogen and oxygen atoms in total. The fourth-order valence-electron chi connectivity index (χ4n) is 3.35. The Kier molecular flexibility index (Phi) is 7.93. The average Bonchev–Trinajstić information content (AvgIpc) is 2.80. The van der Waals surface area contributed by atoms with Crippen LogP contribution in [-0.4, -0.2) is 12.2 Å². The van der Waals surface area contributed by atoms with Crippen LogP contribution in [0.2, 0.25) is 5.02 Å². The number of aromatic hydroxyl groups is 1. The molecule has 0 amide bonds. The number of phenolic OH excluding ortho intramolecular Hbond substituents is 1. The molecule has 0 bridgehead atoms. The van der Waals surface area contributed by atoms with Crippen LogP contribution in [0.5, 0.6) is 11.5 Å². The van der Waals surface area contributed by atoms with E-state index in [0.29, 0.717) is 17.2 Å². The van der Waals surface area contributed by atoms with Gasteiger partial charge in [0, 0.05) is 35.5 Å². The quantitative estimate of drug-likeness (QED) is 0.242. The second-order valence-electron chi connectivity index (χ2n) is 7.71. The van der Waals surface area contributed by atoms with Gasteiger partial charge in [0.2, 0.25) is 0 Å². The third-order valence-corrected chi connectivity index (χ3v) is 5.38. The Hall–Kier alpha value is -3.59. The summed E-state index contributed by atoms with van der Waals surface area (Å²) in [7, 11) is 1.43. The predicted octanol–water partition coefficient (Wildman–Crippen LogP) is 7.94. The lowest BCUT2D eigenvalue weighted by molar-refractivity contribution is -0.143. The number of phenols is 1. The zero-order valence-electron chi connectivity index (χ0n) is 18.8. The van der Waals surface area contributed by atoms with Crippen LogP contribution in [0, 0.1) is 0 Å². The average molecular weight is 528 g/mol. The second kappa shape index (κ2) is 10.6. The number of allylic oxidation sites excluding steroid dienone is 2. The Morgan fingerprint density at radius 1 is 0.944 bits per heavy atom. The molecular weight excluding hydrogens is 508 g/mol. The van der Waals surface area contributed by atoms with E-state index >= 15 is 0 Å². The van der Waals surface area contributed by atoms with Crippen LogP contribution in [0.25, 0.3) is 11.1 Å². The minimum Gasteiger partial charge on any atom is -0.507 e. The molecule has 3 rings (SSSR count). The largest absolute Gasteiger partial charge is 0.507 e. The van der Waals surface area contributed by atoms with Gasteiger partial charge in [-0.2, -0.15) is 26.3 Å². The first kappa shape index (κ1) is 27.0. The number of benzene rings is 3. The first-order chi connectivity index (χ1) is 16.8. The first-order valence-electron chi connectivity index (χ1n) is 10.4. The molecule has 0 atom stereocenters. The van der Waals surface area contributed by atoms with Gasteiger partial charge in [0.15, 0.2) is 0 Å². The predicted molar refractivity (Wildman–Crippen MR) is 126 cm³/mol. The topological polar surface area (TPSA) is 41.5 Å². The molecule has 0 aliphatic rings. The third-order valence-electron chi connectivity index (χ3n) is 5.13. The van der Waals surface area contributed by atoms with Crippen molar-refractivity contribution in [3.63, 3.8) is 0 Å². The molecule has 36 heavy (non-hydrogen) atoms. The molecule has 0 fully saturated rings. The van der Waals surface area contributed by atoms with Crippen LogP contribution in [0.1, 0.15) is 27.8 Å². The fourth-order valence-corrected chi connectivity index (χ4v) is 3.47. The van der Waals surface area contributed by atoms with Crippen LogP contribution >= 0.6 is 11.6 Å². The smallest absolute Gasteiger partial charge is 0.416 e. The van der Waals surface area contributed by atoms with Gasteiger partial charge in [-0.3, -0.25) is 0 Å². The molecule has 0 aliphatic carbocycles. The highest BCUT2D eigenvalue weighted by atomic mass is 35.5. The van der Waals surface area contributed by atoms with Gasteiger partial charge in [0.25, 0.3) is 0 Å². The first-order valence-corrected chi connectivity index (χ1v) is 10.7. The van der Waals surface area contributed by atoms with Gasteiger partial charge in [-0.25, -0.2) is 0 Å². The summed E-state index contributed by atoms with van der Waals surface area (Å²) in [5.41, 5.74) is -2.45. The number of hydrogen-bond donors (Lipinski definition) is 2. The molecule has 0 aliphatic heterocycles. The summed E-state index contributed by atoms with van der Waals surface area (Å²) in [6.45, 7) is 3.99. The molecule has 3 aromatic rings. The normalized spacial score (nSPS) is 12.4. The Morgan fingerprint density at radius 2 is 1.53 bits per heavy atom. The third kappa shape index (κ3) is 6.54. The molecule has 0 unspecified atom stereocenters. The number of halogens is 7. The maximum absolute atomic E-state index is 13.3. The molecule has 0 heterocycles. The zero-order chi connectivity index (χ0) is 26.7. The van der Waals surface area contributed by atoms with Crippen molar-refractivity contribution in [2.24, 2.45) is 0 Å². The number of rotatable bonds is 7. The Labute approximate surface area is 208 Å². The van der Waals surface area contributed by atoms with E-state index in [9.17, 15) is 31.4 Å². The minimum absolute atomic E-state index is 0.00134. The van der Waals surface area contributed by atoms with Crippen molar-refractivity contribution >= 4 is 22.7 Å². The Balaban J connectivity index is 1.94. The number of alkyl halides is 6. The van der Waals surface area contributed by atoms with Gasteiger partial charge in [0.05, 0.1) is 11.1 Å². The molecule has 0 radical (unpaired) electrons. The summed E-state index contributed by atoms with van der Waals surface area (Å²) in [4.78, 5) is 0. The van der Waals surface area contributed by atoms with E-state index in [1.54, 1.807) is 24.3 Å². The van der Waals surface area contributed by atoms with E-state index in [1.165, 1.54) is 31.4 Å². The van der Waals surface area contributed by atoms with E-state index in [4.69, 9.17) is 16.3 Å². The maximum Gasteiger partial charge on any atom is 0.416 e. The second-order valence-corrected chi connectivity index (χ2v) is 8.15. The SMILES string of the molecule is C=C(/C(=C\NC)c1cc(C(F)(F)F)cc(C(F)(F)F)c1)c1ccc(OCc2ccc(Cl)cc2)cc1O. The summed E-state index contributed by atoms with van der Waals surface area (Å²) in [5, 5.41) is 13.7. The molecule has 3 aromatic carbocycles. The van der Waals surface area contributed by atoms with Crippen LogP contribution in [0.4, 0.5) is 26.3 Å². The number of ether oxygens (including phenoxy) is 1. The van der Waals surface area contributed by atoms with Crippen LogP contribution in [0.3, 0.4) is 0 Å². The van der Waals surface area contributed by atoms with Crippen molar-refractivity contribution in [3.8, 4) is 11.5 Å². The highest BCUT2D eigenvalue weighted by molar-refractivity contribution is 6.30. The van der Waals surface area contributed by atoms with Crippen molar-refractivity contribution in [1.29, 1.82) is 0 Å². The van der Waals surface area contributed by atoms with Gasteiger partial charge >= 0.3 is 12.4 Å². The summed E-state index contributed by atoms with van der Waals surface area (Å²) in [5.74, 6) is -0.0322. The van der Waals surface area contributed by atoms with Crippen molar-refractivity contribution in [2.75, 3.05) is 7.05 Å². The van der Waals surface area contributed by atoms with Gasteiger partial charge < -0.3 is 15.2 Å². The lowest BCUT2D eigenvalue weighted by Crippen LogP contribution is -2.12. The number of nitrogens with one attached hydrogen (secondary N) is 1. The molecule has 10 heteroatoms. The molecule has 2 N–H and O–H groups in total. The lowest BCUT2D eigenvalue weighted by Gasteiger charge is -2.18. The lowest BCUT2D eigenvalue weighted by atomic mass is 9.91. The van der Waals surface area contributed by atoms with E-state index in [0.717, 1.165) is 5.56 Å². The number of hydrogen-bond acceptors (Lipinski definition) is 3. The van der Waals surface area contributed by atoms with Crippen LogP contribution < -0.4 is 10.1 Å². The minimum atomic E-state index is -5.01. The Morgan fingerprint density at radius 3 is 2.03 bits per heavy atom. The van der Waals surface area contributed by atoms with Gasteiger partial charge in [-0.05, 0) is 59.2 Å². The fraction of sp³-hybridized carbons (Fsp3) is 0.154. The van der Waals surface area contributed by atoms with E-state index in [1.807, 2.05) is 0 Å². The summed E-state index contributed by atoms with van der Waals surface area (Å²) in [6, 6.07) is 12.4. The summed E-state index contributed by atoms with van der Waals surface area (Å²) >= 11 is 5.85. The molecular formula is C26H20ClF6NO2. The van der Waals surface area contributed by atoms with E-state index in [-0.39, 0.29) is 46.4 Å². The monoisotopic (exact) mass is 527 g/mol. The highest BCUT2D eigenvalue weighted by Crippen LogP contribution is 2.41. The van der Waals surface area contributed by atoms with Gasteiger partial charge in [-0.15, -0.1) is 0 Å². The van der Waals surface area contributed by atoms with E-state index < -0.39 is 23.5 Å². The molecule has 0 saturated carbocycles. The van der Waals surface area contributed by atoms with Crippen molar-refractivity contribution in [2.45, 2.75) is 19.0 Å².